The summed E-state index contributed by atoms with van der Waals surface area (Å²) in [5.41, 5.74) is 14.3. The average Bonchev–Trinajstić information content (AvgIpc) is 3.71. The van der Waals surface area contributed by atoms with E-state index in [-0.39, 0.29) is 0 Å². The molecule has 0 fully saturated rings. The summed E-state index contributed by atoms with van der Waals surface area (Å²) in [6.07, 6.45) is 0. The maximum absolute atomic E-state index is 2.48. The van der Waals surface area contributed by atoms with Crippen LogP contribution in [0.4, 0.5) is 0 Å². The summed E-state index contributed by atoms with van der Waals surface area (Å²) in [6.45, 7) is 0. The van der Waals surface area contributed by atoms with E-state index in [0.717, 1.165) is 11.4 Å². The van der Waals surface area contributed by atoms with Crippen molar-refractivity contribution >= 4 is 43.6 Å². The number of benzene rings is 8. The van der Waals surface area contributed by atoms with Crippen LogP contribution in [0.25, 0.3) is 88.4 Å². The maximum Gasteiger partial charge on any atom is 0.0641 e. The first-order valence-corrected chi connectivity index (χ1v) is 17.2. The fraction of sp³-hybridized carbons (Fsp3) is 0. The number of rotatable bonds is 5. The molecule has 0 amide bonds. The molecule has 10 rings (SSSR count). The Morgan fingerprint density at radius 2 is 0.800 bits per heavy atom. The molecule has 2 aromatic heterocycles. The van der Waals surface area contributed by atoms with Gasteiger partial charge in [-0.15, -0.1) is 0 Å². The van der Waals surface area contributed by atoms with Gasteiger partial charge in [-0.1, -0.05) is 146 Å². The van der Waals surface area contributed by atoms with Gasteiger partial charge in [-0.3, -0.25) is 0 Å². The van der Waals surface area contributed by atoms with Crippen molar-refractivity contribution in [1.29, 1.82) is 0 Å². The Hall–Kier alpha value is -6.64. The minimum Gasteiger partial charge on any atom is -0.309 e. The van der Waals surface area contributed by atoms with Crippen molar-refractivity contribution in [3.8, 4) is 44.8 Å². The molecule has 0 unspecified atom stereocenters. The van der Waals surface area contributed by atoms with Gasteiger partial charge in [-0.25, -0.2) is 0 Å². The fourth-order valence-corrected chi connectivity index (χ4v) is 7.83. The van der Waals surface area contributed by atoms with Gasteiger partial charge in [0.25, 0.3) is 0 Å². The van der Waals surface area contributed by atoms with Gasteiger partial charge in [0.15, 0.2) is 0 Å². The lowest BCUT2D eigenvalue weighted by atomic mass is 9.98. The minimum atomic E-state index is 1.14. The van der Waals surface area contributed by atoms with Gasteiger partial charge in [0, 0.05) is 32.9 Å². The second-order valence-electron chi connectivity index (χ2n) is 13.0. The lowest BCUT2D eigenvalue weighted by Gasteiger charge is -2.14. The predicted molar refractivity (Wildman–Crippen MR) is 211 cm³/mol. The van der Waals surface area contributed by atoms with E-state index in [2.05, 4.69) is 203 Å². The van der Waals surface area contributed by atoms with Crippen LogP contribution in [0.1, 0.15) is 0 Å². The van der Waals surface area contributed by atoms with Crippen LogP contribution in [-0.2, 0) is 0 Å². The molecule has 0 atom stereocenters. The standard InChI is InChI=1S/C48H32N2/c1-5-15-33(16-6-1)36-25-26-41-42-27-28-45-47(48(42)50(46(41)32-36)39-21-11-4-12-22-39)43-23-13-14-24-44(43)49(45)40-30-37(34-17-7-2-8-18-34)29-38(31-40)35-19-9-3-10-20-35/h1-32H. The first-order chi connectivity index (χ1) is 24.8. The van der Waals surface area contributed by atoms with Crippen LogP contribution in [-0.4, -0.2) is 9.13 Å². The highest BCUT2D eigenvalue weighted by atomic mass is 15.0. The quantitative estimate of drug-likeness (QED) is 0.178. The number of nitrogens with zero attached hydrogens (tertiary/aromatic N) is 2. The van der Waals surface area contributed by atoms with E-state index in [1.54, 1.807) is 0 Å². The van der Waals surface area contributed by atoms with Crippen LogP contribution in [0, 0.1) is 0 Å². The van der Waals surface area contributed by atoms with Crippen molar-refractivity contribution in [1.82, 2.24) is 9.13 Å². The molecule has 2 nitrogen and oxygen atoms in total. The Bertz CT molecular complexity index is 2770. The van der Waals surface area contributed by atoms with Crippen LogP contribution in [0.3, 0.4) is 0 Å². The van der Waals surface area contributed by atoms with E-state index in [1.165, 1.54) is 77.0 Å². The number of hydrogen-bond donors (Lipinski definition) is 0. The third-order valence-electron chi connectivity index (χ3n) is 10.1. The molecule has 0 aliphatic carbocycles. The Labute approximate surface area is 290 Å². The molecule has 0 aliphatic heterocycles. The van der Waals surface area contributed by atoms with Crippen molar-refractivity contribution in [2.45, 2.75) is 0 Å². The molecule has 0 aliphatic rings. The van der Waals surface area contributed by atoms with Crippen molar-refractivity contribution in [2.75, 3.05) is 0 Å². The fourth-order valence-electron chi connectivity index (χ4n) is 7.83. The van der Waals surface area contributed by atoms with Crippen molar-refractivity contribution in [3.63, 3.8) is 0 Å². The zero-order valence-corrected chi connectivity index (χ0v) is 27.4. The van der Waals surface area contributed by atoms with Crippen molar-refractivity contribution < 1.29 is 0 Å². The third-order valence-corrected chi connectivity index (χ3v) is 10.1. The molecular weight excluding hydrogens is 605 g/mol. The molecule has 2 heteroatoms. The molecule has 0 saturated heterocycles. The van der Waals surface area contributed by atoms with Gasteiger partial charge < -0.3 is 9.13 Å². The molecule has 0 radical (unpaired) electrons. The van der Waals surface area contributed by atoms with E-state index in [1.807, 2.05) is 0 Å². The van der Waals surface area contributed by atoms with Crippen molar-refractivity contribution in [2.24, 2.45) is 0 Å². The van der Waals surface area contributed by atoms with Crippen LogP contribution in [0.15, 0.2) is 194 Å². The van der Waals surface area contributed by atoms with Gasteiger partial charge in [0.05, 0.1) is 22.1 Å². The predicted octanol–water partition coefficient (Wildman–Crippen LogP) is 12.9. The second kappa shape index (κ2) is 11.5. The monoisotopic (exact) mass is 636 g/mol. The van der Waals surface area contributed by atoms with E-state index in [4.69, 9.17) is 0 Å². The summed E-state index contributed by atoms with van der Waals surface area (Å²) in [7, 11) is 0. The lowest BCUT2D eigenvalue weighted by molar-refractivity contribution is 1.17. The second-order valence-corrected chi connectivity index (χ2v) is 13.0. The van der Waals surface area contributed by atoms with Crippen LogP contribution < -0.4 is 0 Å². The normalized spacial score (nSPS) is 11.6. The molecule has 8 aromatic carbocycles. The molecule has 2 heterocycles. The number of aromatic nitrogens is 2. The highest BCUT2D eigenvalue weighted by Gasteiger charge is 2.21. The molecule has 0 spiro atoms. The largest absolute Gasteiger partial charge is 0.309 e. The van der Waals surface area contributed by atoms with Gasteiger partial charge in [0.2, 0.25) is 0 Å². The minimum absolute atomic E-state index is 1.14. The van der Waals surface area contributed by atoms with E-state index >= 15 is 0 Å². The summed E-state index contributed by atoms with van der Waals surface area (Å²) < 4.78 is 4.94. The molecule has 10 aromatic rings. The molecule has 0 saturated carbocycles. The molecule has 50 heavy (non-hydrogen) atoms. The maximum atomic E-state index is 2.48. The van der Waals surface area contributed by atoms with Gasteiger partial charge >= 0.3 is 0 Å². The Morgan fingerprint density at radius 3 is 1.44 bits per heavy atom. The van der Waals surface area contributed by atoms with Gasteiger partial charge in [-0.05, 0) is 81.9 Å². The molecule has 0 bridgehead atoms. The Morgan fingerprint density at radius 1 is 0.260 bits per heavy atom. The van der Waals surface area contributed by atoms with Crippen LogP contribution in [0.2, 0.25) is 0 Å². The topological polar surface area (TPSA) is 9.86 Å². The first kappa shape index (κ1) is 28.4. The zero-order chi connectivity index (χ0) is 33.0. The lowest BCUT2D eigenvalue weighted by Crippen LogP contribution is -1.96. The smallest absolute Gasteiger partial charge is 0.0641 e. The third kappa shape index (κ3) is 4.50. The number of hydrogen-bond acceptors (Lipinski definition) is 0. The van der Waals surface area contributed by atoms with E-state index in [0.29, 0.717) is 0 Å². The van der Waals surface area contributed by atoms with Crippen LogP contribution in [0.5, 0.6) is 0 Å². The Balaban J connectivity index is 1.33. The summed E-state index contributed by atoms with van der Waals surface area (Å²) in [4.78, 5) is 0. The van der Waals surface area contributed by atoms with Gasteiger partial charge in [-0.2, -0.15) is 0 Å². The summed E-state index contributed by atoms with van der Waals surface area (Å²) in [6, 6.07) is 70.4. The van der Waals surface area contributed by atoms with E-state index in [9.17, 15) is 0 Å². The average molecular weight is 637 g/mol. The zero-order valence-electron chi connectivity index (χ0n) is 27.4. The van der Waals surface area contributed by atoms with Crippen LogP contribution >= 0.6 is 0 Å². The van der Waals surface area contributed by atoms with Crippen molar-refractivity contribution in [3.05, 3.63) is 194 Å². The molecule has 0 N–H and O–H groups in total. The molecular formula is C48H32N2. The van der Waals surface area contributed by atoms with Gasteiger partial charge in [0.1, 0.15) is 0 Å². The number of para-hydroxylation sites is 2. The summed E-state index contributed by atoms with van der Waals surface area (Å²) in [5.74, 6) is 0. The molecule has 234 valence electrons. The number of fused-ring (bicyclic) bond motifs is 7. The highest BCUT2D eigenvalue weighted by Crippen LogP contribution is 2.43. The highest BCUT2D eigenvalue weighted by molar-refractivity contribution is 6.26. The van der Waals surface area contributed by atoms with E-state index < -0.39 is 0 Å². The SMILES string of the molecule is c1ccc(-c2cc(-c3ccccc3)cc(-n3c4ccccc4c4c3ccc3c5ccc(-c6ccccc6)cc5n(-c5ccccc5)c34)c2)cc1. The summed E-state index contributed by atoms with van der Waals surface area (Å²) >= 11 is 0. The summed E-state index contributed by atoms with van der Waals surface area (Å²) in [5, 5.41) is 5.00. The first-order valence-electron chi connectivity index (χ1n) is 17.2. The Kier molecular flexibility index (Phi) is 6.53.